The largest absolute Gasteiger partial charge is 0.330 e. The van der Waals surface area contributed by atoms with Gasteiger partial charge in [0.05, 0.1) is 0 Å². The summed E-state index contributed by atoms with van der Waals surface area (Å²) in [6.07, 6.45) is 2.64. The molecular weight excluding hydrogens is 184 g/mol. The minimum Gasteiger partial charge on any atom is -0.330 e. The second-order valence-electron chi connectivity index (χ2n) is 6.50. The summed E-state index contributed by atoms with van der Waals surface area (Å²) in [7, 11) is 0. The third-order valence-corrected chi connectivity index (χ3v) is 3.35. The summed E-state index contributed by atoms with van der Waals surface area (Å²) in [5.74, 6) is 2.54. The predicted molar refractivity (Wildman–Crippen MR) is 66.8 cm³/mol. The number of rotatable bonds is 6. The number of nitrogens with two attached hydrogens (primary N) is 1. The molecule has 1 rings (SSSR count). The van der Waals surface area contributed by atoms with E-state index in [2.05, 4.69) is 33.0 Å². The molecule has 0 saturated heterocycles. The highest BCUT2D eigenvalue weighted by molar-refractivity contribution is 4.84. The summed E-state index contributed by atoms with van der Waals surface area (Å²) in [5, 5.41) is 3.57. The van der Waals surface area contributed by atoms with E-state index in [4.69, 9.17) is 5.73 Å². The molecule has 1 fully saturated rings. The number of hydrogen-bond acceptors (Lipinski definition) is 2. The Balaban J connectivity index is 2.10. The third kappa shape index (κ3) is 5.53. The van der Waals surface area contributed by atoms with Crippen LogP contribution in [0, 0.1) is 23.2 Å². The molecule has 0 aliphatic heterocycles. The normalized spacial score (nSPS) is 27.8. The van der Waals surface area contributed by atoms with Crippen molar-refractivity contribution < 1.29 is 0 Å². The first kappa shape index (κ1) is 13.0. The first-order valence-electron chi connectivity index (χ1n) is 6.33. The van der Waals surface area contributed by atoms with Crippen LogP contribution in [0.2, 0.25) is 0 Å². The van der Waals surface area contributed by atoms with Crippen molar-refractivity contribution in [2.24, 2.45) is 28.9 Å². The second-order valence-corrected chi connectivity index (χ2v) is 6.50. The standard InChI is InChI=1S/C13H28N2/c1-10-5-12(10)9-15-8-11(7-14)6-13(2,3)4/h10-12,15H,5-9,14H2,1-4H3. The highest BCUT2D eigenvalue weighted by atomic mass is 14.9. The van der Waals surface area contributed by atoms with E-state index in [1.54, 1.807) is 0 Å². The molecule has 3 N–H and O–H groups in total. The molecule has 15 heavy (non-hydrogen) atoms. The number of nitrogens with one attached hydrogen (secondary N) is 1. The Bertz CT molecular complexity index is 183. The van der Waals surface area contributed by atoms with Gasteiger partial charge >= 0.3 is 0 Å². The lowest BCUT2D eigenvalue weighted by atomic mass is 9.84. The van der Waals surface area contributed by atoms with Crippen molar-refractivity contribution in [3.8, 4) is 0 Å². The van der Waals surface area contributed by atoms with E-state index in [-0.39, 0.29) is 0 Å². The maximum atomic E-state index is 5.80. The zero-order valence-corrected chi connectivity index (χ0v) is 10.8. The van der Waals surface area contributed by atoms with Crippen LogP contribution in [0.5, 0.6) is 0 Å². The molecule has 2 heteroatoms. The van der Waals surface area contributed by atoms with E-state index >= 15 is 0 Å². The van der Waals surface area contributed by atoms with Gasteiger partial charge in [0, 0.05) is 0 Å². The van der Waals surface area contributed by atoms with Crippen LogP contribution in [0.15, 0.2) is 0 Å². The first-order valence-corrected chi connectivity index (χ1v) is 6.33. The lowest BCUT2D eigenvalue weighted by Gasteiger charge is -2.25. The van der Waals surface area contributed by atoms with Crippen molar-refractivity contribution in [3.05, 3.63) is 0 Å². The van der Waals surface area contributed by atoms with Gasteiger partial charge in [-0.15, -0.1) is 0 Å². The molecule has 0 amide bonds. The molecule has 90 valence electrons. The van der Waals surface area contributed by atoms with Gasteiger partial charge in [-0.05, 0) is 55.6 Å². The van der Waals surface area contributed by atoms with E-state index < -0.39 is 0 Å². The van der Waals surface area contributed by atoms with Crippen LogP contribution in [-0.4, -0.2) is 19.6 Å². The van der Waals surface area contributed by atoms with Gasteiger partial charge in [0.2, 0.25) is 0 Å². The smallest absolute Gasteiger partial charge is 0.000814 e. The van der Waals surface area contributed by atoms with Crippen LogP contribution in [0.3, 0.4) is 0 Å². The van der Waals surface area contributed by atoms with Gasteiger partial charge in [0.15, 0.2) is 0 Å². The first-order chi connectivity index (χ1) is 6.92. The van der Waals surface area contributed by atoms with Crippen LogP contribution in [-0.2, 0) is 0 Å². The molecule has 0 spiro atoms. The predicted octanol–water partition coefficient (Wildman–Crippen LogP) is 2.24. The molecule has 0 radical (unpaired) electrons. The Morgan fingerprint density at radius 2 is 2.00 bits per heavy atom. The van der Waals surface area contributed by atoms with Gasteiger partial charge in [0.1, 0.15) is 0 Å². The molecule has 1 aliphatic rings. The number of hydrogen-bond donors (Lipinski definition) is 2. The molecule has 3 atom stereocenters. The van der Waals surface area contributed by atoms with Gasteiger partial charge in [-0.2, -0.15) is 0 Å². The molecule has 0 heterocycles. The molecule has 0 bridgehead atoms. The minimum absolute atomic E-state index is 0.401. The van der Waals surface area contributed by atoms with Gasteiger partial charge in [-0.3, -0.25) is 0 Å². The van der Waals surface area contributed by atoms with Crippen molar-refractivity contribution in [1.82, 2.24) is 5.32 Å². The van der Waals surface area contributed by atoms with Crippen LogP contribution < -0.4 is 11.1 Å². The fraction of sp³-hybridized carbons (Fsp3) is 1.00. The molecule has 0 aromatic carbocycles. The zero-order valence-electron chi connectivity index (χ0n) is 10.8. The zero-order chi connectivity index (χ0) is 11.5. The average molecular weight is 212 g/mol. The van der Waals surface area contributed by atoms with Crippen molar-refractivity contribution in [2.75, 3.05) is 19.6 Å². The SMILES string of the molecule is CC1CC1CNCC(CN)CC(C)(C)C. The molecule has 1 saturated carbocycles. The Hall–Kier alpha value is -0.0800. The fourth-order valence-corrected chi connectivity index (χ4v) is 2.26. The highest BCUT2D eigenvalue weighted by Crippen LogP contribution is 2.36. The van der Waals surface area contributed by atoms with Crippen LogP contribution in [0.1, 0.15) is 40.5 Å². The summed E-state index contributed by atoms with van der Waals surface area (Å²) in [6, 6.07) is 0. The molecule has 2 nitrogen and oxygen atoms in total. The Morgan fingerprint density at radius 3 is 2.40 bits per heavy atom. The maximum absolute atomic E-state index is 5.80. The van der Waals surface area contributed by atoms with E-state index in [1.807, 2.05) is 0 Å². The van der Waals surface area contributed by atoms with Crippen LogP contribution >= 0.6 is 0 Å². The minimum atomic E-state index is 0.401. The Kier molecular flexibility index (Phi) is 4.60. The topological polar surface area (TPSA) is 38.0 Å². The summed E-state index contributed by atoms with van der Waals surface area (Å²) in [6.45, 7) is 12.3. The fourth-order valence-electron chi connectivity index (χ4n) is 2.26. The highest BCUT2D eigenvalue weighted by Gasteiger charge is 2.31. The average Bonchev–Trinajstić information content (AvgIpc) is 2.78. The quantitative estimate of drug-likeness (QED) is 0.708. The summed E-state index contributed by atoms with van der Waals surface area (Å²) < 4.78 is 0. The van der Waals surface area contributed by atoms with E-state index in [0.29, 0.717) is 11.3 Å². The van der Waals surface area contributed by atoms with Crippen LogP contribution in [0.4, 0.5) is 0 Å². The van der Waals surface area contributed by atoms with E-state index in [0.717, 1.165) is 24.9 Å². The van der Waals surface area contributed by atoms with E-state index in [1.165, 1.54) is 19.4 Å². The van der Waals surface area contributed by atoms with Gasteiger partial charge in [-0.1, -0.05) is 27.7 Å². The van der Waals surface area contributed by atoms with Crippen molar-refractivity contribution in [2.45, 2.75) is 40.5 Å². The Morgan fingerprint density at radius 1 is 1.40 bits per heavy atom. The van der Waals surface area contributed by atoms with Crippen molar-refractivity contribution >= 4 is 0 Å². The summed E-state index contributed by atoms with van der Waals surface area (Å²) >= 11 is 0. The van der Waals surface area contributed by atoms with Gasteiger partial charge in [0.25, 0.3) is 0 Å². The maximum Gasteiger partial charge on any atom is -0.000814 e. The second kappa shape index (κ2) is 5.31. The Labute approximate surface area is 95.0 Å². The molecule has 0 aromatic rings. The molecule has 3 unspecified atom stereocenters. The lowest BCUT2D eigenvalue weighted by Crippen LogP contribution is -2.32. The summed E-state index contributed by atoms with van der Waals surface area (Å²) in [5.41, 5.74) is 6.20. The molecule has 0 aromatic heterocycles. The van der Waals surface area contributed by atoms with Gasteiger partial charge in [-0.25, -0.2) is 0 Å². The monoisotopic (exact) mass is 212 g/mol. The third-order valence-electron chi connectivity index (χ3n) is 3.35. The lowest BCUT2D eigenvalue weighted by molar-refractivity contribution is 0.289. The molecular formula is C13H28N2. The van der Waals surface area contributed by atoms with Crippen molar-refractivity contribution in [1.29, 1.82) is 0 Å². The van der Waals surface area contributed by atoms with Crippen molar-refractivity contribution in [3.63, 3.8) is 0 Å². The summed E-state index contributed by atoms with van der Waals surface area (Å²) in [4.78, 5) is 0. The molecule has 1 aliphatic carbocycles. The van der Waals surface area contributed by atoms with E-state index in [9.17, 15) is 0 Å². The van der Waals surface area contributed by atoms with Crippen LogP contribution in [0.25, 0.3) is 0 Å². The van der Waals surface area contributed by atoms with Gasteiger partial charge < -0.3 is 11.1 Å².